The molecule has 7 rings (SSSR count). The zero-order valence-electron chi connectivity index (χ0n) is 34.3. The number of aromatic nitrogens is 1. The smallest absolute Gasteiger partial charge is 0.266 e. The zero-order valence-corrected chi connectivity index (χ0v) is 35.1. The molecule has 4 aromatic rings. The molecule has 5 heterocycles. The Hall–Kier alpha value is -6.07. The monoisotopic (exact) mass is 840 g/mol. The van der Waals surface area contributed by atoms with Gasteiger partial charge in [-0.05, 0) is 82.1 Å². The van der Waals surface area contributed by atoms with Crippen molar-refractivity contribution in [1.29, 1.82) is 0 Å². The highest BCUT2D eigenvalue weighted by Crippen LogP contribution is 2.41. The molecule has 3 aliphatic rings. The van der Waals surface area contributed by atoms with Crippen LogP contribution in [0.15, 0.2) is 47.4 Å². The van der Waals surface area contributed by atoms with Gasteiger partial charge < -0.3 is 33.9 Å². The number of pyridine rings is 1. The van der Waals surface area contributed by atoms with Gasteiger partial charge in [0.05, 0.1) is 58.5 Å². The van der Waals surface area contributed by atoms with Crippen LogP contribution in [0.4, 0.5) is 5.00 Å². The molecule has 0 spiro atoms. The van der Waals surface area contributed by atoms with E-state index in [1.54, 1.807) is 50.6 Å². The minimum atomic E-state index is -1.08. The Morgan fingerprint density at radius 3 is 2.40 bits per heavy atom. The number of aryl methyl sites for hydroxylation is 1. The first-order chi connectivity index (χ1) is 28.8. The summed E-state index contributed by atoms with van der Waals surface area (Å²) in [5, 5.41) is 6.22. The molecule has 2 aromatic heterocycles. The van der Waals surface area contributed by atoms with Crippen molar-refractivity contribution in [2.75, 3.05) is 53.3 Å². The fourth-order valence-electron chi connectivity index (χ4n) is 8.09. The maximum Gasteiger partial charge on any atom is 0.266 e. The fraction of sp³-hybridized carbons (Fsp3) is 0.419. The summed E-state index contributed by atoms with van der Waals surface area (Å²) < 4.78 is 19.7. The predicted octanol–water partition coefficient (Wildman–Crippen LogP) is 4.17. The first-order valence-electron chi connectivity index (χ1n) is 19.9. The number of anilines is 1. The van der Waals surface area contributed by atoms with E-state index in [-0.39, 0.29) is 66.7 Å². The molecule has 0 aliphatic carbocycles. The standard InChI is InChI=1S/C43H48N6O10S/c1-46(2)22-29-32(57-4)18-25(19-33(29)58-5)28-23-47(3)41(54)27-20-35(60-38(27)28)45-39(52)24-10-9-16-48(21-24)36(51)13-6-7-17-59-31-12-8-11-26-37(31)43(56)49(42(26)55)30-14-15-34(50)44-40(30)53/h8,11-12,18-20,23-24,30H,6-7,9-10,13-17,21-22H2,1-5H3,(H,45,52)(H,44,50,53). The Labute approximate surface area is 350 Å². The minimum absolute atomic E-state index is 0.0237. The van der Waals surface area contributed by atoms with Crippen molar-refractivity contribution in [3.63, 3.8) is 0 Å². The molecule has 2 unspecified atom stereocenters. The first kappa shape index (κ1) is 42.1. The van der Waals surface area contributed by atoms with Gasteiger partial charge in [-0.15, -0.1) is 11.3 Å². The molecule has 17 heteroatoms. The highest BCUT2D eigenvalue weighted by Gasteiger charge is 2.46. The summed E-state index contributed by atoms with van der Waals surface area (Å²) in [5.41, 5.74) is 2.50. The number of ether oxygens (including phenoxy) is 3. The Kier molecular flexibility index (Phi) is 12.4. The van der Waals surface area contributed by atoms with Gasteiger partial charge in [-0.3, -0.25) is 43.8 Å². The number of rotatable bonds is 14. The number of nitrogens with zero attached hydrogens (tertiary/aromatic N) is 4. The Morgan fingerprint density at radius 2 is 1.70 bits per heavy atom. The Bertz CT molecular complexity index is 2430. The number of carbonyl (C=O) groups is 6. The molecule has 2 fully saturated rings. The Morgan fingerprint density at radius 1 is 0.950 bits per heavy atom. The summed E-state index contributed by atoms with van der Waals surface area (Å²) in [7, 11) is 8.84. The molecule has 0 bridgehead atoms. The lowest BCUT2D eigenvalue weighted by atomic mass is 9.96. The van der Waals surface area contributed by atoms with Gasteiger partial charge in [-0.25, -0.2) is 0 Å². The van der Waals surface area contributed by atoms with Crippen LogP contribution >= 0.6 is 11.3 Å². The molecule has 16 nitrogen and oxygen atoms in total. The molecule has 3 aliphatic heterocycles. The van der Waals surface area contributed by atoms with E-state index in [4.69, 9.17) is 14.2 Å². The van der Waals surface area contributed by atoms with E-state index >= 15 is 0 Å². The number of thiophene rings is 1. The average molecular weight is 841 g/mol. The minimum Gasteiger partial charge on any atom is -0.496 e. The lowest BCUT2D eigenvalue weighted by Gasteiger charge is -2.32. The van der Waals surface area contributed by atoms with E-state index in [9.17, 15) is 33.6 Å². The maximum absolute atomic E-state index is 13.6. The number of likely N-dealkylation sites (tertiary alicyclic amines) is 1. The summed E-state index contributed by atoms with van der Waals surface area (Å²) in [5.74, 6) is -1.61. The van der Waals surface area contributed by atoms with Gasteiger partial charge in [-0.1, -0.05) is 6.07 Å². The third-order valence-corrected chi connectivity index (χ3v) is 12.2. The van der Waals surface area contributed by atoms with E-state index in [1.807, 2.05) is 31.1 Å². The number of nitrogens with one attached hydrogen (secondary N) is 2. The molecule has 2 atom stereocenters. The van der Waals surface area contributed by atoms with Crippen LogP contribution in [0.2, 0.25) is 0 Å². The van der Waals surface area contributed by atoms with Crippen LogP contribution in [0.3, 0.4) is 0 Å². The number of imide groups is 2. The summed E-state index contributed by atoms with van der Waals surface area (Å²) >= 11 is 1.32. The number of piperidine rings is 2. The predicted molar refractivity (Wildman–Crippen MR) is 223 cm³/mol. The van der Waals surface area contributed by atoms with Crippen LogP contribution in [-0.4, -0.2) is 109 Å². The van der Waals surface area contributed by atoms with Crippen molar-refractivity contribution in [2.24, 2.45) is 13.0 Å². The molecule has 60 heavy (non-hydrogen) atoms. The summed E-state index contributed by atoms with van der Waals surface area (Å²) in [4.78, 5) is 95.4. The highest BCUT2D eigenvalue weighted by atomic mass is 32.1. The van der Waals surface area contributed by atoms with Crippen LogP contribution in [0, 0.1) is 5.92 Å². The first-order valence-corrected chi connectivity index (χ1v) is 20.7. The molecule has 2 N–H and O–H groups in total. The number of methoxy groups -OCH3 is 2. The van der Waals surface area contributed by atoms with E-state index < -0.39 is 35.6 Å². The van der Waals surface area contributed by atoms with Crippen molar-refractivity contribution < 1.29 is 43.0 Å². The van der Waals surface area contributed by atoms with Crippen molar-refractivity contribution in [2.45, 2.75) is 57.5 Å². The van der Waals surface area contributed by atoms with Gasteiger partial charge in [0.25, 0.3) is 17.4 Å². The van der Waals surface area contributed by atoms with Gasteiger partial charge in [0, 0.05) is 51.3 Å². The van der Waals surface area contributed by atoms with Crippen molar-refractivity contribution in [1.82, 2.24) is 24.6 Å². The summed E-state index contributed by atoms with van der Waals surface area (Å²) in [6.07, 6.45) is 4.35. The van der Waals surface area contributed by atoms with Gasteiger partial charge in [0.2, 0.25) is 23.6 Å². The second-order valence-corrected chi connectivity index (χ2v) is 16.6. The third kappa shape index (κ3) is 8.36. The number of hydrogen-bond donors (Lipinski definition) is 2. The second kappa shape index (κ2) is 17.6. The number of carbonyl (C=O) groups excluding carboxylic acids is 6. The molecule has 0 saturated carbocycles. The normalized spacial score (nSPS) is 17.9. The molecule has 2 saturated heterocycles. The van der Waals surface area contributed by atoms with E-state index in [1.165, 1.54) is 22.0 Å². The number of amides is 6. The highest BCUT2D eigenvalue weighted by molar-refractivity contribution is 7.23. The van der Waals surface area contributed by atoms with Crippen LogP contribution in [0.25, 0.3) is 21.2 Å². The molecule has 6 amide bonds. The second-order valence-electron chi connectivity index (χ2n) is 15.5. The van der Waals surface area contributed by atoms with Gasteiger partial charge in [-0.2, -0.15) is 0 Å². The van der Waals surface area contributed by atoms with Crippen LogP contribution < -0.4 is 30.4 Å². The topological polar surface area (TPSA) is 186 Å². The molecular weight excluding hydrogens is 793 g/mol. The summed E-state index contributed by atoms with van der Waals surface area (Å²) in [6.45, 7) is 1.59. The molecule has 0 radical (unpaired) electrons. The van der Waals surface area contributed by atoms with Crippen molar-refractivity contribution in [3.8, 4) is 28.4 Å². The number of hydrogen-bond acceptors (Lipinski definition) is 12. The van der Waals surface area contributed by atoms with E-state index in [0.29, 0.717) is 65.4 Å². The van der Waals surface area contributed by atoms with Crippen molar-refractivity contribution >= 4 is 61.9 Å². The quantitative estimate of drug-likeness (QED) is 0.137. The third-order valence-electron chi connectivity index (χ3n) is 11.1. The molecule has 2 aromatic carbocycles. The van der Waals surface area contributed by atoms with Crippen LogP contribution in [-0.2, 0) is 32.8 Å². The lowest BCUT2D eigenvalue weighted by Crippen LogP contribution is -2.54. The van der Waals surface area contributed by atoms with E-state index in [2.05, 4.69) is 10.6 Å². The molecule has 316 valence electrons. The van der Waals surface area contributed by atoms with Gasteiger partial charge in [0.1, 0.15) is 23.3 Å². The van der Waals surface area contributed by atoms with Crippen molar-refractivity contribution in [3.05, 3.63) is 69.6 Å². The average Bonchev–Trinajstić information content (AvgIpc) is 3.76. The summed E-state index contributed by atoms with van der Waals surface area (Å²) in [6, 6.07) is 9.17. The van der Waals surface area contributed by atoms with Crippen LogP contribution in [0.5, 0.6) is 17.2 Å². The lowest BCUT2D eigenvalue weighted by molar-refractivity contribution is -0.137. The van der Waals surface area contributed by atoms with Gasteiger partial charge >= 0.3 is 0 Å². The maximum atomic E-state index is 13.6. The zero-order chi connectivity index (χ0) is 42.8. The number of fused-ring (bicyclic) bond motifs is 2. The Balaban J connectivity index is 0.949. The SMILES string of the molecule is COc1cc(-c2cn(C)c(=O)c3cc(NC(=O)C4CCCN(C(=O)CCCCOc5cccc6c5C(=O)N(C5CCC(=O)NC5=O)C6=O)C4)sc23)cc(OC)c1CN(C)C. The van der Waals surface area contributed by atoms with Crippen LogP contribution in [0.1, 0.15) is 71.2 Å². The number of unbranched alkanes of at least 4 members (excludes halogenated alkanes) is 1. The van der Waals surface area contributed by atoms with E-state index in [0.717, 1.165) is 21.6 Å². The molecular formula is C43H48N6O10S. The van der Waals surface area contributed by atoms with Gasteiger partial charge in [0.15, 0.2) is 0 Å². The number of benzene rings is 2. The fourth-order valence-corrected chi connectivity index (χ4v) is 9.18. The largest absolute Gasteiger partial charge is 0.496 e.